The Morgan fingerprint density at radius 1 is 1.08 bits per heavy atom. The van der Waals surface area contributed by atoms with E-state index in [1.165, 1.54) is 0 Å². The number of carboxylic acids is 1. The third-order valence-electron chi connectivity index (χ3n) is 4.99. The summed E-state index contributed by atoms with van der Waals surface area (Å²) in [5, 5.41) is 9.18. The maximum absolute atomic E-state index is 11.2. The minimum Gasteiger partial charge on any atom is -0.481 e. The number of imidazole rings is 1. The molecule has 3 aromatic rings. The highest BCUT2D eigenvalue weighted by atomic mass is 16.4. The van der Waals surface area contributed by atoms with Crippen LogP contribution in [0.5, 0.6) is 0 Å². The molecule has 0 amide bonds. The summed E-state index contributed by atoms with van der Waals surface area (Å²) in [4.78, 5) is 18.3. The maximum atomic E-state index is 11.2. The van der Waals surface area contributed by atoms with E-state index in [9.17, 15) is 9.90 Å². The van der Waals surface area contributed by atoms with Crippen LogP contribution in [0.4, 0.5) is 0 Å². The third kappa shape index (κ3) is 3.15. The fraction of sp³-hybridized carbons (Fsp3) is 0.300. The summed E-state index contributed by atoms with van der Waals surface area (Å²) < 4.78 is 2.14. The van der Waals surface area contributed by atoms with Gasteiger partial charge in [-0.15, -0.1) is 0 Å². The smallest absolute Gasteiger partial charge is 0.306 e. The molecule has 3 heterocycles. The number of carbonyl (C=O) groups is 1. The summed E-state index contributed by atoms with van der Waals surface area (Å²) in [6.07, 6.45) is 3.48. The number of hydrogen-bond acceptors (Lipinski definition) is 3. The summed E-state index contributed by atoms with van der Waals surface area (Å²) in [5.41, 5.74) is 4.22. The van der Waals surface area contributed by atoms with Crippen molar-refractivity contribution in [3.8, 4) is 11.3 Å². The van der Waals surface area contributed by atoms with Crippen molar-refractivity contribution in [2.75, 3.05) is 13.1 Å². The number of nitrogens with zero attached hydrogens (tertiary/aromatic N) is 3. The molecule has 1 aliphatic rings. The van der Waals surface area contributed by atoms with Crippen molar-refractivity contribution < 1.29 is 9.90 Å². The van der Waals surface area contributed by atoms with Gasteiger partial charge in [0.2, 0.25) is 0 Å². The second-order valence-electron chi connectivity index (χ2n) is 6.59. The minimum absolute atomic E-state index is 0.202. The topological polar surface area (TPSA) is 57.8 Å². The van der Waals surface area contributed by atoms with Crippen molar-refractivity contribution in [1.82, 2.24) is 14.3 Å². The molecule has 4 rings (SSSR count). The molecule has 0 saturated carbocycles. The Hall–Kier alpha value is -2.66. The first kappa shape index (κ1) is 15.8. The number of piperidine rings is 1. The highest BCUT2D eigenvalue weighted by Gasteiger charge is 2.26. The number of likely N-dealkylation sites (tertiary alicyclic amines) is 1. The van der Waals surface area contributed by atoms with Crippen LogP contribution in [0, 0.1) is 5.92 Å². The Morgan fingerprint density at radius 3 is 2.52 bits per heavy atom. The van der Waals surface area contributed by atoms with Gasteiger partial charge >= 0.3 is 5.97 Å². The fourth-order valence-electron chi connectivity index (χ4n) is 3.57. The lowest BCUT2D eigenvalue weighted by atomic mass is 9.97. The molecule has 0 aliphatic carbocycles. The molecular formula is C20H21N3O2. The van der Waals surface area contributed by atoms with E-state index in [2.05, 4.69) is 21.4 Å². The molecule has 1 N–H and O–H groups in total. The van der Waals surface area contributed by atoms with Crippen molar-refractivity contribution in [2.45, 2.75) is 19.4 Å². The predicted octanol–water partition coefficient (Wildman–Crippen LogP) is 3.30. The molecular weight excluding hydrogens is 314 g/mol. The number of hydrogen-bond donors (Lipinski definition) is 1. The van der Waals surface area contributed by atoms with Crippen LogP contribution < -0.4 is 0 Å². The van der Waals surface area contributed by atoms with Gasteiger partial charge in [-0.1, -0.05) is 36.4 Å². The molecule has 0 atom stereocenters. The molecule has 2 aromatic heterocycles. The summed E-state index contributed by atoms with van der Waals surface area (Å²) in [5.74, 6) is -0.869. The summed E-state index contributed by atoms with van der Waals surface area (Å²) in [7, 11) is 0. The highest BCUT2D eigenvalue weighted by Crippen LogP contribution is 2.27. The standard InChI is InChI=1S/C20H21N3O2/c24-20(25)16-9-12-22(13-10-16)14-17-19(15-6-2-1-3-7-15)21-18-8-4-5-11-23(17)18/h1-8,11,16H,9-10,12-14H2,(H,24,25). The van der Waals surface area contributed by atoms with E-state index in [1.54, 1.807) is 0 Å². The molecule has 0 unspecified atom stereocenters. The van der Waals surface area contributed by atoms with Crippen LogP contribution in [0.1, 0.15) is 18.5 Å². The van der Waals surface area contributed by atoms with Crippen LogP contribution in [0.2, 0.25) is 0 Å². The highest BCUT2D eigenvalue weighted by molar-refractivity contribution is 5.70. The van der Waals surface area contributed by atoms with Gasteiger partial charge in [0.1, 0.15) is 5.65 Å². The average molecular weight is 335 g/mol. The van der Waals surface area contributed by atoms with Crippen LogP contribution in [-0.2, 0) is 11.3 Å². The van der Waals surface area contributed by atoms with E-state index in [4.69, 9.17) is 4.98 Å². The second kappa shape index (κ2) is 6.69. The number of rotatable bonds is 4. The van der Waals surface area contributed by atoms with Crippen molar-refractivity contribution in [3.05, 3.63) is 60.4 Å². The van der Waals surface area contributed by atoms with Gasteiger partial charge in [-0.05, 0) is 38.1 Å². The molecule has 1 aliphatic heterocycles. The molecule has 0 radical (unpaired) electrons. The van der Waals surface area contributed by atoms with Crippen molar-refractivity contribution in [3.63, 3.8) is 0 Å². The first-order chi connectivity index (χ1) is 12.2. The predicted molar refractivity (Wildman–Crippen MR) is 96.3 cm³/mol. The summed E-state index contributed by atoms with van der Waals surface area (Å²) in [6, 6.07) is 16.3. The average Bonchev–Trinajstić information content (AvgIpc) is 3.02. The van der Waals surface area contributed by atoms with E-state index >= 15 is 0 Å². The van der Waals surface area contributed by atoms with E-state index in [0.29, 0.717) is 12.8 Å². The van der Waals surface area contributed by atoms with Gasteiger partial charge in [0.05, 0.1) is 17.3 Å². The summed E-state index contributed by atoms with van der Waals surface area (Å²) in [6.45, 7) is 2.40. The molecule has 5 nitrogen and oxygen atoms in total. The Kier molecular flexibility index (Phi) is 4.24. The van der Waals surface area contributed by atoms with Crippen LogP contribution in [0.15, 0.2) is 54.7 Å². The Morgan fingerprint density at radius 2 is 1.80 bits per heavy atom. The van der Waals surface area contributed by atoms with Gasteiger partial charge in [-0.2, -0.15) is 0 Å². The Balaban J connectivity index is 1.66. The van der Waals surface area contributed by atoms with E-state index in [-0.39, 0.29) is 5.92 Å². The molecule has 5 heteroatoms. The van der Waals surface area contributed by atoms with Gasteiger partial charge in [-0.25, -0.2) is 4.98 Å². The van der Waals surface area contributed by atoms with Crippen LogP contribution in [0.3, 0.4) is 0 Å². The Bertz CT molecular complexity index is 880. The number of aromatic nitrogens is 2. The van der Waals surface area contributed by atoms with Crippen molar-refractivity contribution >= 4 is 11.6 Å². The molecule has 1 saturated heterocycles. The van der Waals surface area contributed by atoms with E-state index < -0.39 is 5.97 Å². The van der Waals surface area contributed by atoms with Crippen LogP contribution >= 0.6 is 0 Å². The zero-order valence-corrected chi connectivity index (χ0v) is 14.0. The number of aliphatic carboxylic acids is 1. The first-order valence-electron chi connectivity index (χ1n) is 8.69. The molecule has 128 valence electrons. The molecule has 25 heavy (non-hydrogen) atoms. The first-order valence-corrected chi connectivity index (χ1v) is 8.69. The van der Waals surface area contributed by atoms with Crippen molar-refractivity contribution in [2.24, 2.45) is 5.92 Å². The lowest BCUT2D eigenvalue weighted by Gasteiger charge is -2.30. The quantitative estimate of drug-likeness (QED) is 0.795. The normalized spacial score (nSPS) is 16.3. The molecule has 1 aromatic carbocycles. The minimum atomic E-state index is -0.667. The van der Waals surface area contributed by atoms with Crippen LogP contribution in [-0.4, -0.2) is 38.4 Å². The van der Waals surface area contributed by atoms with E-state index in [0.717, 1.165) is 42.2 Å². The third-order valence-corrected chi connectivity index (χ3v) is 4.99. The lowest BCUT2D eigenvalue weighted by Crippen LogP contribution is -2.36. The van der Waals surface area contributed by atoms with Gasteiger partial charge in [0.15, 0.2) is 0 Å². The van der Waals surface area contributed by atoms with Gasteiger partial charge < -0.3 is 9.51 Å². The van der Waals surface area contributed by atoms with Gasteiger partial charge in [0, 0.05) is 18.3 Å². The monoisotopic (exact) mass is 335 g/mol. The molecule has 0 spiro atoms. The van der Waals surface area contributed by atoms with E-state index in [1.807, 2.05) is 42.6 Å². The largest absolute Gasteiger partial charge is 0.481 e. The zero-order chi connectivity index (χ0) is 17.2. The van der Waals surface area contributed by atoms with Crippen LogP contribution in [0.25, 0.3) is 16.9 Å². The summed E-state index contributed by atoms with van der Waals surface area (Å²) >= 11 is 0. The van der Waals surface area contributed by atoms with Gasteiger partial charge in [0.25, 0.3) is 0 Å². The number of fused-ring (bicyclic) bond motifs is 1. The molecule has 1 fully saturated rings. The number of carboxylic acid groups (broad SMARTS) is 1. The number of benzene rings is 1. The maximum Gasteiger partial charge on any atom is 0.306 e. The second-order valence-corrected chi connectivity index (χ2v) is 6.59. The SMILES string of the molecule is O=C(O)C1CCN(Cc2c(-c3ccccc3)nc3ccccn23)CC1. The van der Waals surface area contributed by atoms with Gasteiger partial charge in [-0.3, -0.25) is 9.69 Å². The zero-order valence-electron chi connectivity index (χ0n) is 14.0. The lowest BCUT2D eigenvalue weighted by molar-refractivity contribution is -0.143. The number of pyridine rings is 1. The fourth-order valence-corrected chi connectivity index (χ4v) is 3.57. The molecule has 0 bridgehead atoms. The van der Waals surface area contributed by atoms with Crippen molar-refractivity contribution in [1.29, 1.82) is 0 Å². The Labute approximate surface area is 146 Å².